The van der Waals surface area contributed by atoms with Gasteiger partial charge in [0.2, 0.25) is 0 Å². The molecular formula is C21H32NO+. The lowest BCUT2D eigenvalue weighted by Gasteiger charge is -2.31. The van der Waals surface area contributed by atoms with Crippen LogP contribution in [0.5, 0.6) is 5.75 Å². The van der Waals surface area contributed by atoms with Crippen LogP contribution in [0, 0.1) is 12.8 Å². The maximum absolute atomic E-state index is 6.31. The van der Waals surface area contributed by atoms with E-state index in [1.54, 1.807) is 0 Å². The van der Waals surface area contributed by atoms with Crippen LogP contribution in [0.25, 0.3) is 0 Å². The van der Waals surface area contributed by atoms with Crippen LogP contribution < -0.4 is 4.74 Å². The molecule has 0 radical (unpaired) electrons. The molecule has 2 atom stereocenters. The molecule has 0 spiro atoms. The number of ether oxygens (including phenoxy) is 1. The molecule has 0 bridgehead atoms. The van der Waals surface area contributed by atoms with E-state index in [0.717, 1.165) is 18.1 Å². The van der Waals surface area contributed by atoms with Crippen LogP contribution >= 0.6 is 0 Å². The first-order valence-electron chi connectivity index (χ1n) is 9.31. The van der Waals surface area contributed by atoms with Gasteiger partial charge in [0.25, 0.3) is 6.73 Å². The molecule has 0 N–H and O–H groups in total. The Labute approximate surface area is 141 Å². The first-order valence-corrected chi connectivity index (χ1v) is 9.31. The molecule has 23 heavy (non-hydrogen) atoms. The van der Waals surface area contributed by atoms with Crippen molar-refractivity contribution < 1.29 is 9.31 Å². The second-order valence-electron chi connectivity index (χ2n) is 8.21. The average Bonchev–Trinajstić information content (AvgIpc) is 2.54. The van der Waals surface area contributed by atoms with E-state index in [4.69, 9.17) is 4.74 Å². The minimum absolute atomic E-state index is 0.157. The van der Waals surface area contributed by atoms with Gasteiger partial charge in [0.1, 0.15) is 5.75 Å². The van der Waals surface area contributed by atoms with Crippen molar-refractivity contribution in [1.29, 1.82) is 0 Å². The Morgan fingerprint density at radius 2 is 1.96 bits per heavy atom. The zero-order valence-corrected chi connectivity index (χ0v) is 15.5. The Bertz CT molecular complexity index is 615. The third-order valence-electron chi connectivity index (χ3n) is 6.03. The summed E-state index contributed by atoms with van der Waals surface area (Å²) in [7, 11) is 0. The van der Waals surface area contributed by atoms with E-state index in [2.05, 4.69) is 57.5 Å². The summed E-state index contributed by atoms with van der Waals surface area (Å²) in [5, 5.41) is 0. The van der Waals surface area contributed by atoms with Crippen molar-refractivity contribution in [2.75, 3.05) is 6.73 Å². The van der Waals surface area contributed by atoms with Gasteiger partial charge in [0.05, 0.1) is 5.56 Å². The molecule has 2 heteroatoms. The number of hydrogen-bond donors (Lipinski definition) is 0. The van der Waals surface area contributed by atoms with Crippen molar-refractivity contribution >= 4 is 6.21 Å². The molecule has 1 heterocycles. The highest BCUT2D eigenvalue weighted by Crippen LogP contribution is 2.38. The molecule has 2 unspecified atom stereocenters. The average molecular weight is 314 g/mol. The van der Waals surface area contributed by atoms with Crippen LogP contribution in [0.1, 0.15) is 76.5 Å². The summed E-state index contributed by atoms with van der Waals surface area (Å²) in [4.78, 5) is 0. The van der Waals surface area contributed by atoms with Gasteiger partial charge in [-0.15, -0.1) is 0 Å². The monoisotopic (exact) mass is 314 g/mol. The number of rotatable bonds is 3. The van der Waals surface area contributed by atoms with Crippen molar-refractivity contribution in [3.8, 4) is 5.75 Å². The Kier molecular flexibility index (Phi) is 4.53. The van der Waals surface area contributed by atoms with Gasteiger partial charge >= 0.3 is 0 Å². The van der Waals surface area contributed by atoms with Gasteiger partial charge < -0.3 is 4.74 Å². The topological polar surface area (TPSA) is 12.2 Å². The molecule has 1 aromatic rings. The largest absolute Gasteiger partial charge is 0.435 e. The van der Waals surface area contributed by atoms with Crippen molar-refractivity contribution in [3.05, 3.63) is 28.8 Å². The van der Waals surface area contributed by atoms with Crippen molar-refractivity contribution in [1.82, 2.24) is 0 Å². The third-order valence-corrected chi connectivity index (χ3v) is 6.03. The van der Waals surface area contributed by atoms with E-state index < -0.39 is 0 Å². The molecule has 1 aliphatic carbocycles. The lowest BCUT2D eigenvalue weighted by molar-refractivity contribution is -0.601. The van der Waals surface area contributed by atoms with Crippen LogP contribution in [0.2, 0.25) is 0 Å². The predicted molar refractivity (Wildman–Crippen MR) is 96.8 cm³/mol. The van der Waals surface area contributed by atoms with Gasteiger partial charge in [-0.1, -0.05) is 40.2 Å². The van der Waals surface area contributed by atoms with Crippen LogP contribution in [0.3, 0.4) is 0 Å². The maximum atomic E-state index is 6.31. The fourth-order valence-corrected chi connectivity index (χ4v) is 4.09. The fraction of sp³-hybridized carbons (Fsp3) is 0.667. The molecule has 1 saturated carbocycles. The van der Waals surface area contributed by atoms with Crippen LogP contribution in [0.4, 0.5) is 0 Å². The summed E-state index contributed by atoms with van der Waals surface area (Å²) in [6.45, 7) is 12.2. The number of aryl methyl sites for hydroxylation is 1. The zero-order chi connectivity index (χ0) is 16.6. The van der Waals surface area contributed by atoms with Crippen molar-refractivity contribution in [2.45, 2.75) is 78.2 Å². The molecule has 0 saturated heterocycles. The Morgan fingerprint density at radius 3 is 2.65 bits per heavy atom. The summed E-state index contributed by atoms with van der Waals surface area (Å²) in [6, 6.07) is 5.24. The summed E-state index contributed by atoms with van der Waals surface area (Å²) < 4.78 is 8.76. The standard InChI is InChI=1S/C21H32NO/c1-6-21(4,5)18-12-15(2)11-17-13-22(14-23-20(17)18)19-10-8-7-9-16(19)3/h11-13,16,19H,6-10,14H2,1-5H3/q+1. The number of hydrogen-bond acceptors (Lipinski definition) is 1. The Morgan fingerprint density at radius 1 is 1.22 bits per heavy atom. The molecule has 3 rings (SSSR count). The summed E-state index contributed by atoms with van der Waals surface area (Å²) in [6.07, 6.45) is 8.88. The maximum Gasteiger partial charge on any atom is 0.287 e. The highest BCUT2D eigenvalue weighted by atomic mass is 16.5. The highest BCUT2D eigenvalue weighted by molar-refractivity contribution is 5.82. The van der Waals surface area contributed by atoms with E-state index in [0.29, 0.717) is 12.8 Å². The number of fused-ring (bicyclic) bond motifs is 1. The summed E-state index contributed by atoms with van der Waals surface area (Å²) in [5.41, 5.74) is 4.12. The van der Waals surface area contributed by atoms with E-state index >= 15 is 0 Å². The second-order valence-corrected chi connectivity index (χ2v) is 8.21. The van der Waals surface area contributed by atoms with Gasteiger partial charge in [0, 0.05) is 17.9 Å². The third kappa shape index (κ3) is 3.18. The molecule has 1 aromatic carbocycles. The molecule has 2 aliphatic rings. The van der Waals surface area contributed by atoms with E-state index in [9.17, 15) is 0 Å². The molecule has 0 amide bonds. The van der Waals surface area contributed by atoms with Crippen LogP contribution in [-0.4, -0.2) is 23.6 Å². The van der Waals surface area contributed by atoms with Gasteiger partial charge in [-0.3, -0.25) is 0 Å². The highest BCUT2D eigenvalue weighted by Gasteiger charge is 2.34. The van der Waals surface area contributed by atoms with E-state index in [1.165, 1.54) is 42.4 Å². The summed E-state index contributed by atoms with van der Waals surface area (Å²) >= 11 is 0. The smallest absolute Gasteiger partial charge is 0.287 e. The molecule has 0 aromatic heterocycles. The van der Waals surface area contributed by atoms with Gasteiger partial charge in [0.15, 0.2) is 12.3 Å². The fourth-order valence-electron chi connectivity index (χ4n) is 4.09. The van der Waals surface area contributed by atoms with E-state index in [-0.39, 0.29) is 5.41 Å². The lowest BCUT2D eigenvalue weighted by atomic mass is 9.80. The van der Waals surface area contributed by atoms with Gasteiger partial charge in [-0.05, 0) is 43.2 Å². The SMILES string of the molecule is CCC(C)(C)c1cc(C)cc2c1OC[N+](C1CCCCC1C)=C2. The normalized spacial score (nSPS) is 24.7. The number of nitrogens with zero attached hydrogens (tertiary/aromatic N) is 1. The minimum atomic E-state index is 0.157. The Balaban J connectivity index is 2.00. The molecule has 1 aliphatic heterocycles. The van der Waals surface area contributed by atoms with Gasteiger partial charge in [-0.25, -0.2) is 0 Å². The number of benzene rings is 1. The molecule has 1 fully saturated rings. The second kappa shape index (κ2) is 6.30. The minimum Gasteiger partial charge on any atom is -0.435 e. The predicted octanol–water partition coefficient (Wildman–Crippen LogP) is 5.04. The molecule has 126 valence electrons. The van der Waals surface area contributed by atoms with Crippen molar-refractivity contribution in [3.63, 3.8) is 0 Å². The molecule has 2 nitrogen and oxygen atoms in total. The van der Waals surface area contributed by atoms with Crippen LogP contribution in [-0.2, 0) is 5.41 Å². The lowest BCUT2D eigenvalue weighted by Crippen LogP contribution is -2.40. The van der Waals surface area contributed by atoms with Gasteiger partial charge in [-0.2, -0.15) is 4.58 Å². The van der Waals surface area contributed by atoms with Crippen LogP contribution in [0.15, 0.2) is 12.1 Å². The zero-order valence-electron chi connectivity index (χ0n) is 15.5. The first kappa shape index (κ1) is 16.5. The molecular weight excluding hydrogens is 282 g/mol. The quantitative estimate of drug-likeness (QED) is 0.712. The summed E-state index contributed by atoms with van der Waals surface area (Å²) in [5.74, 6) is 1.88. The Hall–Kier alpha value is -1.31. The first-order chi connectivity index (χ1) is 10.9. The van der Waals surface area contributed by atoms with Crippen molar-refractivity contribution in [2.24, 2.45) is 5.92 Å². The van der Waals surface area contributed by atoms with E-state index in [1.807, 2.05) is 0 Å².